The van der Waals surface area contributed by atoms with E-state index in [-0.39, 0.29) is 5.91 Å². The normalized spacial score (nSPS) is 12.1. The predicted molar refractivity (Wildman–Crippen MR) is 104 cm³/mol. The summed E-state index contributed by atoms with van der Waals surface area (Å²) >= 11 is 1.43. The fraction of sp³-hybridized carbons (Fsp3) is 0.316. The Hall–Kier alpha value is -2.47. The van der Waals surface area contributed by atoms with Gasteiger partial charge in [-0.25, -0.2) is 10.1 Å². The molecule has 0 bridgehead atoms. The van der Waals surface area contributed by atoms with Crippen molar-refractivity contribution in [3.8, 4) is 5.69 Å². The third-order valence-corrected chi connectivity index (χ3v) is 5.21. The minimum atomic E-state index is -0.174. The molecule has 0 saturated heterocycles. The van der Waals surface area contributed by atoms with E-state index in [0.717, 1.165) is 33.7 Å². The molecule has 0 radical (unpaired) electrons. The first-order chi connectivity index (χ1) is 12.0. The van der Waals surface area contributed by atoms with Gasteiger partial charge in [-0.05, 0) is 37.5 Å². The molecule has 25 heavy (non-hydrogen) atoms. The molecule has 3 aromatic rings. The van der Waals surface area contributed by atoms with E-state index in [0.29, 0.717) is 10.8 Å². The van der Waals surface area contributed by atoms with Crippen LogP contribution in [0.2, 0.25) is 0 Å². The maximum atomic E-state index is 12.5. The second-order valence-corrected chi connectivity index (χ2v) is 7.25. The van der Waals surface area contributed by atoms with E-state index in [1.165, 1.54) is 11.3 Å². The molecule has 3 rings (SSSR count). The predicted octanol–water partition coefficient (Wildman–Crippen LogP) is 4.55. The molecular formula is C19H22N4OS. The topological polar surface area (TPSA) is 59.3 Å². The van der Waals surface area contributed by atoms with E-state index < -0.39 is 0 Å². The highest BCUT2D eigenvalue weighted by atomic mass is 32.1. The van der Waals surface area contributed by atoms with Crippen molar-refractivity contribution in [3.63, 3.8) is 0 Å². The molecule has 130 valence electrons. The Morgan fingerprint density at radius 1 is 1.32 bits per heavy atom. The maximum absolute atomic E-state index is 12.5. The van der Waals surface area contributed by atoms with Crippen molar-refractivity contribution in [1.29, 1.82) is 0 Å². The molecule has 0 aliphatic heterocycles. The fourth-order valence-corrected chi connectivity index (χ4v) is 3.77. The van der Waals surface area contributed by atoms with Crippen LogP contribution in [0.15, 0.2) is 41.5 Å². The number of aromatic nitrogens is 2. The van der Waals surface area contributed by atoms with Gasteiger partial charge in [-0.2, -0.15) is 10.2 Å². The fourth-order valence-electron chi connectivity index (χ4n) is 2.70. The van der Waals surface area contributed by atoms with Gasteiger partial charge in [-0.15, -0.1) is 11.3 Å². The van der Waals surface area contributed by atoms with Crippen LogP contribution in [0.25, 0.3) is 15.9 Å². The molecule has 0 atom stereocenters. The van der Waals surface area contributed by atoms with Gasteiger partial charge >= 0.3 is 0 Å². The highest BCUT2D eigenvalue weighted by Crippen LogP contribution is 2.30. The summed E-state index contributed by atoms with van der Waals surface area (Å²) in [6.45, 7) is 8.15. The Balaban J connectivity index is 1.93. The number of hydrazone groups is 1. The van der Waals surface area contributed by atoms with Crippen LogP contribution in [0.3, 0.4) is 0 Å². The van der Waals surface area contributed by atoms with Crippen molar-refractivity contribution < 1.29 is 4.79 Å². The highest BCUT2D eigenvalue weighted by molar-refractivity contribution is 7.20. The van der Waals surface area contributed by atoms with Crippen LogP contribution in [0.4, 0.5) is 0 Å². The molecule has 0 saturated carbocycles. The Labute approximate surface area is 151 Å². The van der Waals surface area contributed by atoms with Gasteiger partial charge in [-0.3, -0.25) is 4.79 Å². The van der Waals surface area contributed by atoms with E-state index in [4.69, 9.17) is 0 Å². The lowest BCUT2D eigenvalue weighted by molar-refractivity contribution is 0.0958. The van der Waals surface area contributed by atoms with Crippen LogP contribution in [-0.4, -0.2) is 21.4 Å². The lowest BCUT2D eigenvalue weighted by atomic mass is 10.1. The zero-order chi connectivity index (χ0) is 18.0. The summed E-state index contributed by atoms with van der Waals surface area (Å²) in [4.78, 5) is 14.1. The zero-order valence-electron chi connectivity index (χ0n) is 14.9. The number of amides is 1. The van der Waals surface area contributed by atoms with Crippen molar-refractivity contribution in [2.45, 2.75) is 34.1 Å². The summed E-state index contributed by atoms with van der Waals surface area (Å²) in [5.41, 5.74) is 5.58. The zero-order valence-corrected chi connectivity index (χ0v) is 15.7. The molecule has 0 aliphatic rings. The molecule has 0 fully saturated rings. The Bertz CT molecular complexity index is 922. The third-order valence-electron chi connectivity index (χ3n) is 4.10. The minimum Gasteiger partial charge on any atom is -0.266 e. The van der Waals surface area contributed by atoms with Gasteiger partial charge in [0.15, 0.2) is 0 Å². The molecule has 0 unspecified atom stereocenters. The molecule has 6 heteroatoms. The van der Waals surface area contributed by atoms with Gasteiger partial charge in [0.25, 0.3) is 5.91 Å². The average Bonchev–Trinajstić information content (AvgIpc) is 3.17. The van der Waals surface area contributed by atoms with Crippen molar-refractivity contribution in [1.82, 2.24) is 15.2 Å². The van der Waals surface area contributed by atoms with Crippen LogP contribution in [0.1, 0.15) is 42.6 Å². The third kappa shape index (κ3) is 3.49. The second kappa shape index (κ2) is 7.19. The van der Waals surface area contributed by atoms with E-state index in [2.05, 4.69) is 29.5 Å². The number of carbonyl (C=O) groups is 1. The monoisotopic (exact) mass is 354 g/mol. The summed E-state index contributed by atoms with van der Waals surface area (Å²) in [5.74, 6) is 0.147. The van der Waals surface area contributed by atoms with Crippen molar-refractivity contribution in [3.05, 3.63) is 47.0 Å². The van der Waals surface area contributed by atoms with Gasteiger partial charge in [0.2, 0.25) is 0 Å². The maximum Gasteiger partial charge on any atom is 0.281 e. The van der Waals surface area contributed by atoms with Crippen molar-refractivity contribution in [2.24, 2.45) is 11.0 Å². The molecule has 1 aromatic carbocycles. The summed E-state index contributed by atoms with van der Waals surface area (Å²) in [6.07, 6.45) is 0.826. The van der Waals surface area contributed by atoms with Crippen LogP contribution < -0.4 is 5.43 Å². The number of carbonyl (C=O) groups excluding carboxylic acids is 1. The van der Waals surface area contributed by atoms with Crippen molar-refractivity contribution in [2.75, 3.05) is 0 Å². The summed E-state index contributed by atoms with van der Waals surface area (Å²) in [5, 5.41) is 9.88. The van der Waals surface area contributed by atoms with Gasteiger partial charge in [-0.1, -0.05) is 39.0 Å². The number of fused-ring (bicyclic) bond motifs is 1. The second-order valence-electron chi connectivity index (χ2n) is 6.21. The van der Waals surface area contributed by atoms with Crippen molar-refractivity contribution >= 4 is 33.2 Å². The van der Waals surface area contributed by atoms with Crippen LogP contribution >= 0.6 is 11.3 Å². The first kappa shape index (κ1) is 17.4. The number of nitrogens with zero attached hydrogens (tertiary/aromatic N) is 3. The van der Waals surface area contributed by atoms with Gasteiger partial charge in [0.1, 0.15) is 4.83 Å². The number of thiophene rings is 1. The number of hydrogen-bond donors (Lipinski definition) is 1. The molecule has 5 nitrogen and oxygen atoms in total. The SMILES string of the molecule is CCC(=NNC(=O)c1cc2c(C)nn(-c3ccccc3)c2s1)C(C)C. The smallest absolute Gasteiger partial charge is 0.266 e. The molecule has 1 N–H and O–H groups in total. The van der Waals surface area contributed by atoms with E-state index in [9.17, 15) is 4.79 Å². The van der Waals surface area contributed by atoms with Crippen LogP contribution in [-0.2, 0) is 0 Å². The largest absolute Gasteiger partial charge is 0.281 e. The van der Waals surface area contributed by atoms with E-state index in [1.54, 1.807) is 0 Å². The van der Waals surface area contributed by atoms with E-state index in [1.807, 2.05) is 54.9 Å². The lowest BCUT2D eigenvalue weighted by Gasteiger charge is -2.07. The molecular weight excluding hydrogens is 332 g/mol. The van der Waals surface area contributed by atoms with Crippen LogP contribution in [0, 0.1) is 12.8 Å². The van der Waals surface area contributed by atoms with Crippen LogP contribution in [0.5, 0.6) is 0 Å². The Kier molecular flexibility index (Phi) is 4.99. The number of benzene rings is 1. The molecule has 0 spiro atoms. The molecule has 2 heterocycles. The van der Waals surface area contributed by atoms with E-state index >= 15 is 0 Å². The number of hydrogen-bond acceptors (Lipinski definition) is 4. The number of nitrogens with one attached hydrogen (secondary N) is 1. The summed E-state index contributed by atoms with van der Waals surface area (Å²) in [7, 11) is 0. The molecule has 1 amide bonds. The number of para-hydroxylation sites is 1. The summed E-state index contributed by atoms with van der Waals surface area (Å²) < 4.78 is 1.89. The highest BCUT2D eigenvalue weighted by Gasteiger charge is 2.17. The Morgan fingerprint density at radius 3 is 2.68 bits per heavy atom. The molecule has 0 aliphatic carbocycles. The molecule has 2 aromatic heterocycles. The minimum absolute atomic E-state index is 0.174. The average molecular weight is 354 g/mol. The first-order valence-electron chi connectivity index (χ1n) is 8.42. The standard InChI is InChI=1S/C19H22N4OS/c1-5-16(12(2)3)20-21-18(24)17-11-15-13(4)22-23(19(15)25-17)14-9-7-6-8-10-14/h6-12H,5H2,1-4H3,(H,21,24). The van der Waals surface area contributed by atoms with Gasteiger partial charge in [0.05, 0.1) is 16.3 Å². The quantitative estimate of drug-likeness (QED) is 0.540. The number of aryl methyl sites for hydroxylation is 1. The summed E-state index contributed by atoms with van der Waals surface area (Å²) in [6, 6.07) is 11.8. The lowest BCUT2D eigenvalue weighted by Crippen LogP contribution is -2.20. The van der Waals surface area contributed by atoms with Gasteiger partial charge in [0, 0.05) is 11.1 Å². The number of rotatable bonds is 5. The van der Waals surface area contributed by atoms with Gasteiger partial charge < -0.3 is 0 Å². The Morgan fingerprint density at radius 2 is 2.04 bits per heavy atom. The first-order valence-corrected chi connectivity index (χ1v) is 9.24.